The molecule has 0 spiro atoms. The maximum Gasteiger partial charge on any atom is 0.220 e. The summed E-state index contributed by atoms with van der Waals surface area (Å²) in [6.45, 7) is 4.08. The van der Waals surface area contributed by atoms with Gasteiger partial charge in [0, 0.05) is 6.42 Å². The first-order valence-electron chi connectivity index (χ1n) is 21.1. The molecule has 4 heteroatoms. The van der Waals surface area contributed by atoms with Crippen LogP contribution in [0.15, 0.2) is 109 Å². The fraction of sp³-hybridized carbons (Fsp3) is 0.604. The average molecular weight is 718 g/mol. The topological polar surface area (TPSA) is 69.6 Å². The van der Waals surface area contributed by atoms with Gasteiger partial charge in [-0.15, -0.1) is 0 Å². The zero-order chi connectivity index (χ0) is 37.8. The zero-order valence-corrected chi connectivity index (χ0v) is 33.5. The van der Waals surface area contributed by atoms with Crippen molar-refractivity contribution in [1.29, 1.82) is 0 Å². The van der Waals surface area contributed by atoms with Crippen LogP contribution in [-0.2, 0) is 4.79 Å². The molecule has 3 N–H and O–H groups in total. The number of hydrogen-bond donors (Lipinski definition) is 3. The van der Waals surface area contributed by atoms with E-state index in [1.807, 2.05) is 6.08 Å². The molecular formula is C48H79NO3. The van der Waals surface area contributed by atoms with Crippen LogP contribution in [0.25, 0.3) is 0 Å². The maximum absolute atomic E-state index is 12.3. The van der Waals surface area contributed by atoms with E-state index in [0.29, 0.717) is 6.42 Å². The standard InChI is InChI=1S/C48H79NO3/c1-3-5-7-9-11-13-15-16-17-18-19-20-21-22-23-24-25-26-27-28-29-30-31-32-34-36-38-40-42-44-48(52)49-46(45-50)47(51)43-41-39-37-35-33-14-12-10-8-6-4-2/h5,7-8,10-11,13,16-17,19-20,22-23,25-26,33,35,41,43,46-47,50-51H,3-4,6,9,12,14-15,18,21,24,27-32,34,36-40,42,44-45H2,1-2H3,(H,49,52)/b7-5-,10-8+,13-11-,17-16-,20-19-,23-22-,26-25-,35-33+,43-41+. The monoisotopic (exact) mass is 718 g/mol. The largest absolute Gasteiger partial charge is 0.394 e. The first-order chi connectivity index (χ1) is 25.7. The van der Waals surface area contributed by atoms with E-state index in [-0.39, 0.29) is 12.5 Å². The second kappa shape index (κ2) is 42.5. The third-order valence-electron chi connectivity index (χ3n) is 8.70. The van der Waals surface area contributed by atoms with E-state index in [2.05, 4.69) is 116 Å². The van der Waals surface area contributed by atoms with Crippen LogP contribution in [0, 0.1) is 0 Å². The van der Waals surface area contributed by atoms with Crippen molar-refractivity contribution in [1.82, 2.24) is 5.32 Å². The van der Waals surface area contributed by atoms with E-state index in [0.717, 1.165) is 89.9 Å². The van der Waals surface area contributed by atoms with Gasteiger partial charge in [-0.05, 0) is 89.9 Å². The number of nitrogens with one attached hydrogen (secondary N) is 1. The van der Waals surface area contributed by atoms with Crippen molar-refractivity contribution in [2.45, 2.75) is 180 Å². The van der Waals surface area contributed by atoms with Gasteiger partial charge in [-0.25, -0.2) is 0 Å². The Balaban J connectivity index is 3.64. The second-order valence-corrected chi connectivity index (χ2v) is 13.7. The highest BCUT2D eigenvalue weighted by molar-refractivity contribution is 5.76. The smallest absolute Gasteiger partial charge is 0.220 e. The second-order valence-electron chi connectivity index (χ2n) is 13.7. The molecule has 2 unspecified atom stereocenters. The van der Waals surface area contributed by atoms with Gasteiger partial charge in [-0.2, -0.15) is 0 Å². The van der Waals surface area contributed by atoms with Gasteiger partial charge < -0.3 is 15.5 Å². The number of carbonyl (C=O) groups excluding carboxylic acids is 1. The molecule has 0 aromatic heterocycles. The summed E-state index contributed by atoms with van der Waals surface area (Å²) in [4.78, 5) is 12.3. The minimum atomic E-state index is -0.877. The molecule has 0 rings (SSSR count). The predicted octanol–water partition coefficient (Wildman–Crippen LogP) is 13.2. The van der Waals surface area contributed by atoms with Crippen molar-refractivity contribution in [2.24, 2.45) is 0 Å². The number of hydrogen-bond acceptors (Lipinski definition) is 3. The number of aliphatic hydroxyl groups is 2. The highest BCUT2D eigenvalue weighted by Crippen LogP contribution is 2.13. The maximum atomic E-state index is 12.3. The van der Waals surface area contributed by atoms with Crippen molar-refractivity contribution in [3.8, 4) is 0 Å². The van der Waals surface area contributed by atoms with E-state index in [1.165, 1.54) is 57.8 Å². The number of carbonyl (C=O) groups is 1. The van der Waals surface area contributed by atoms with Crippen molar-refractivity contribution in [3.63, 3.8) is 0 Å². The Morgan fingerprint density at radius 1 is 0.481 bits per heavy atom. The summed E-state index contributed by atoms with van der Waals surface area (Å²) in [5, 5.41) is 22.9. The lowest BCUT2D eigenvalue weighted by atomic mass is 10.0. The lowest BCUT2D eigenvalue weighted by molar-refractivity contribution is -0.123. The SMILES string of the molecule is CC/C=C\C/C=C\C/C=C\C/C=C\C/C=C\C/C=C\CCCCCCCCCCCCC(=O)NC(CO)C(O)/C=C/CC/C=C/CC/C=C/CCC. The van der Waals surface area contributed by atoms with Crippen LogP contribution in [0.3, 0.4) is 0 Å². The highest BCUT2D eigenvalue weighted by Gasteiger charge is 2.17. The molecule has 0 aliphatic heterocycles. The summed E-state index contributed by atoms with van der Waals surface area (Å²) in [6, 6.07) is -0.653. The molecule has 294 valence electrons. The van der Waals surface area contributed by atoms with E-state index >= 15 is 0 Å². The zero-order valence-electron chi connectivity index (χ0n) is 33.5. The Labute approximate surface area is 321 Å². The van der Waals surface area contributed by atoms with Gasteiger partial charge in [0.1, 0.15) is 0 Å². The van der Waals surface area contributed by atoms with Crippen LogP contribution in [-0.4, -0.2) is 34.9 Å². The quantitative estimate of drug-likeness (QED) is 0.0446. The van der Waals surface area contributed by atoms with Gasteiger partial charge in [0.25, 0.3) is 0 Å². The summed E-state index contributed by atoms with van der Waals surface area (Å²) in [5.74, 6) is -0.0913. The molecule has 0 aromatic carbocycles. The van der Waals surface area contributed by atoms with Crippen LogP contribution < -0.4 is 5.32 Å². The predicted molar refractivity (Wildman–Crippen MR) is 229 cm³/mol. The van der Waals surface area contributed by atoms with Crippen molar-refractivity contribution in [3.05, 3.63) is 109 Å². The van der Waals surface area contributed by atoms with Gasteiger partial charge in [0.2, 0.25) is 5.91 Å². The number of rotatable bonds is 36. The molecule has 0 aliphatic carbocycles. The molecule has 0 heterocycles. The summed E-state index contributed by atoms with van der Waals surface area (Å²) < 4.78 is 0. The first-order valence-corrected chi connectivity index (χ1v) is 21.1. The van der Waals surface area contributed by atoms with Crippen molar-refractivity contribution in [2.75, 3.05) is 6.61 Å². The van der Waals surface area contributed by atoms with Gasteiger partial charge in [0.05, 0.1) is 18.8 Å². The van der Waals surface area contributed by atoms with Crippen LogP contribution >= 0.6 is 0 Å². The Kier molecular flexibility index (Phi) is 40.1. The molecule has 0 aromatic rings. The lowest BCUT2D eigenvalue weighted by Gasteiger charge is -2.19. The molecule has 0 saturated heterocycles. The van der Waals surface area contributed by atoms with Crippen molar-refractivity contribution < 1.29 is 15.0 Å². The van der Waals surface area contributed by atoms with E-state index < -0.39 is 12.1 Å². The van der Waals surface area contributed by atoms with Crippen LogP contribution in [0.5, 0.6) is 0 Å². The van der Waals surface area contributed by atoms with Crippen LogP contribution in [0.4, 0.5) is 0 Å². The minimum Gasteiger partial charge on any atom is -0.394 e. The number of aliphatic hydroxyl groups excluding tert-OH is 2. The van der Waals surface area contributed by atoms with Crippen LogP contribution in [0.2, 0.25) is 0 Å². The molecular weight excluding hydrogens is 639 g/mol. The molecule has 1 amide bonds. The van der Waals surface area contributed by atoms with E-state index in [9.17, 15) is 15.0 Å². The summed E-state index contributed by atoms with van der Waals surface area (Å²) in [6.07, 6.45) is 64.8. The third kappa shape index (κ3) is 38.3. The Hall–Kier alpha value is -2.95. The molecule has 0 fully saturated rings. The summed E-state index contributed by atoms with van der Waals surface area (Å²) in [7, 11) is 0. The van der Waals surface area contributed by atoms with Crippen LogP contribution in [0.1, 0.15) is 168 Å². The summed E-state index contributed by atoms with van der Waals surface area (Å²) in [5.41, 5.74) is 0. The minimum absolute atomic E-state index is 0.0913. The molecule has 0 aliphatic rings. The fourth-order valence-corrected chi connectivity index (χ4v) is 5.51. The Morgan fingerprint density at radius 2 is 0.865 bits per heavy atom. The molecule has 0 bridgehead atoms. The average Bonchev–Trinajstić information content (AvgIpc) is 3.15. The normalized spacial score (nSPS) is 14.2. The molecule has 0 radical (unpaired) electrons. The number of amides is 1. The number of unbranched alkanes of at least 4 members (excludes halogenated alkanes) is 13. The first kappa shape index (κ1) is 49.1. The molecule has 52 heavy (non-hydrogen) atoms. The fourth-order valence-electron chi connectivity index (χ4n) is 5.51. The highest BCUT2D eigenvalue weighted by atomic mass is 16.3. The van der Waals surface area contributed by atoms with Gasteiger partial charge in [-0.1, -0.05) is 181 Å². The van der Waals surface area contributed by atoms with Gasteiger partial charge in [0.15, 0.2) is 0 Å². The molecule has 0 saturated carbocycles. The van der Waals surface area contributed by atoms with Crippen molar-refractivity contribution >= 4 is 5.91 Å². The summed E-state index contributed by atoms with van der Waals surface area (Å²) >= 11 is 0. The number of allylic oxidation sites excluding steroid dienone is 17. The lowest BCUT2D eigenvalue weighted by Crippen LogP contribution is -2.45. The van der Waals surface area contributed by atoms with Gasteiger partial charge in [-0.3, -0.25) is 4.79 Å². The van der Waals surface area contributed by atoms with Gasteiger partial charge >= 0.3 is 0 Å². The molecule has 4 nitrogen and oxygen atoms in total. The Bertz CT molecular complexity index is 1040. The van der Waals surface area contributed by atoms with E-state index in [1.54, 1.807) is 6.08 Å². The van der Waals surface area contributed by atoms with E-state index in [4.69, 9.17) is 0 Å². The third-order valence-corrected chi connectivity index (χ3v) is 8.70. The molecule has 2 atom stereocenters. The Morgan fingerprint density at radius 3 is 1.33 bits per heavy atom.